The van der Waals surface area contributed by atoms with E-state index in [1.54, 1.807) is 12.1 Å². The van der Waals surface area contributed by atoms with Crippen molar-refractivity contribution in [3.8, 4) is 0 Å². The van der Waals surface area contributed by atoms with Crippen LogP contribution in [0.3, 0.4) is 0 Å². The number of amides is 1. The van der Waals surface area contributed by atoms with Crippen LogP contribution in [0.15, 0.2) is 48.5 Å². The molecule has 1 saturated heterocycles. The molecular weight excluding hydrogens is 322 g/mol. The van der Waals surface area contributed by atoms with Gasteiger partial charge in [-0.05, 0) is 30.8 Å². The zero-order valence-corrected chi connectivity index (χ0v) is 14.6. The molecule has 1 N–H and O–H groups in total. The topological polar surface area (TPSA) is 35.6 Å². The number of hydrogen-bond donors (Lipinski definition) is 1. The lowest BCUT2D eigenvalue weighted by Gasteiger charge is -2.35. The summed E-state index contributed by atoms with van der Waals surface area (Å²) < 4.78 is 0. The molecule has 0 bridgehead atoms. The Morgan fingerprint density at radius 1 is 1.04 bits per heavy atom. The molecule has 2 aromatic carbocycles. The molecule has 1 fully saturated rings. The Kier molecular flexibility index (Phi) is 5.38. The lowest BCUT2D eigenvalue weighted by molar-refractivity contribution is 0.0951. The molecule has 1 amide bonds. The molecule has 0 saturated carbocycles. The van der Waals surface area contributed by atoms with E-state index in [0.29, 0.717) is 17.1 Å². The van der Waals surface area contributed by atoms with Gasteiger partial charge in [0.05, 0.1) is 10.6 Å². The van der Waals surface area contributed by atoms with Gasteiger partial charge in [0.2, 0.25) is 0 Å². The summed E-state index contributed by atoms with van der Waals surface area (Å²) >= 11 is 6.09. The molecule has 0 aromatic heterocycles. The van der Waals surface area contributed by atoms with Crippen molar-refractivity contribution < 1.29 is 4.79 Å². The summed E-state index contributed by atoms with van der Waals surface area (Å²) in [5.41, 5.74) is 2.84. The number of para-hydroxylation sites is 1. The number of carbonyl (C=O) groups excluding carboxylic acids is 1. The van der Waals surface area contributed by atoms with Crippen LogP contribution < -0.4 is 10.2 Å². The quantitative estimate of drug-likeness (QED) is 0.927. The lowest BCUT2D eigenvalue weighted by atomic mass is 10.1. The van der Waals surface area contributed by atoms with E-state index in [1.165, 1.54) is 5.69 Å². The standard InChI is InChI=1S/C19H22ClN3O/c1-22-10-12-23(13-11-22)18-9-5-2-6-15(18)14-21-19(24)16-7-3-4-8-17(16)20/h2-9H,10-14H2,1H3,(H,21,24). The Hall–Kier alpha value is -2.04. The molecular formula is C19H22ClN3O. The van der Waals surface area contributed by atoms with Crippen molar-refractivity contribution in [2.75, 3.05) is 38.1 Å². The van der Waals surface area contributed by atoms with E-state index in [-0.39, 0.29) is 5.91 Å². The molecule has 1 aliphatic heterocycles. The molecule has 3 rings (SSSR count). The van der Waals surface area contributed by atoms with Crippen LogP contribution in [-0.4, -0.2) is 44.0 Å². The first-order chi connectivity index (χ1) is 11.6. The maximum atomic E-state index is 12.4. The highest BCUT2D eigenvalue weighted by atomic mass is 35.5. The van der Waals surface area contributed by atoms with Gasteiger partial charge >= 0.3 is 0 Å². The van der Waals surface area contributed by atoms with Gasteiger partial charge in [-0.2, -0.15) is 0 Å². The number of hydrogen-bond acceptors (Lipinski definition) is 3. The van der Waals surface area contributed by atoms with Crippen molar-refractivity contribution in [3.63, 3.8) is 0 Å². The number of rotatable bonds is 4. The van der Waals surface area contributed by atoms with Gasteiger partial charge in [0.25, 0.3) is 5.91 Å². The molecule has 24 heavy (non-hydrogen) atoms. The summed E-state index contributed by atoms with van der Waals surface area (Å²) in [7, 11) is 2.15. The van der Waals surface area contributed by atoms with Gasteiger partial charge in [-0.1, -0.05) is 41.9 Å². The maximum Gasteiger partial charge on any atom is 0.253 e. The zero-order chi connectivity index (χ0) is 16.9. The first-order valence-electron chi connectivity index (χ1n) is 8.19. The second-order valence-corrected chi connectivity index (χ2v) is 6.49. The summed E-state index contributed by atoms with van der Waals surface area (Å²) in [6.45, 7) is 4.62. The van der Waals surface area contributed by atoms with Crippen molar-refractivity contribution in [1.82, 2.24) is 10.2 Å². The van der Waals surface area contributed by atoms with Crippen LogP contribution in [0, 0.1) is 0 Å². The molecule has 5 heteroatoms. The molecule has 0 aliphatic carbocycles. The van der Waals surface area contributed by atoms with Crippen LogP contribution in [0.4, 0.5) is 5.69 Å². The third kappa shape index (κ3) is 3.89. The van der Waals surface area contributed by atoms with Gasteiger partial charge in [-0.15, -0.1) is 0 Å². The van der Waals surface area contributed by atoms with Gasteiger partial charge < -0.3 is 15.1 Å². The molecule has 0 unspecified atom stereocenters. The van der Waals surface area contributed by atoms with Crippen LogP contribution in [0.2, 0.25) is 5.02 Å². The average molecular weight is 344 g/mol. The Labute approximate surface area is 148 Å². The van der Waals surface area contributed by atoms with E-state index < -0.39 is 0 Å². The lowest BCUT2D eigenvalue weighted by Crippen LogP contribution is -2.45. The molecule has 1 aliphatic rings. The summed E-state index contributed by atoms with van der Waals surface area (Å²) in [5.74, 6) is -0.145. The normalized spacial score (nSPS) is 15.3. The third-order valence-corrected chi connectivity index (χ3v) is 4.72. The number of nitrogens with one attached hydrogen (secondary N) is 1. The first kappa shape index (κ1) is 16.8. The molecule has 0 radical (unpaired) electrons. The fraction of sp³-hybridized carbons (Fsp3) is 0.316. The largest absolute Gasteiger partial charge is 0.369 e. The van der Waals surface area contributed by atoms with Gasteiger partial charge in [-0.25, -0.2) is 0 Å². The van der Waals surface area contributed by atoms with Crippen molar-refractivity contribution >= 4 is 23.2 Å². The van der Waals surface area contributed by atoms with Gasteiger partial charge in [-0.3, -0.25) is 4.79 Å². The summed E-state index contributed by atoms with van der Waals surface area (Å²) in [4.78, 5) is 17.1. The second kappa shape index (κ2) is 7.69. The number of halogens is 1. The molecule has 2 aromatic rings. The number of benzene rings is 2. The van der Waals surface area contributed by atoms with E-state index in [2.05, 4.69) is 34.3 Å². The van der Waals surface area contributed by atoms with Crippen LogP contribution >= 0.6 is 11.6 Å². The minimum Gasteiger partial charge on any atom is -0.369 e. The Bertz CT molecular complexity index is 711. The summed E-state index contributed by atoms with van der Waals surface area (Å²) in [5, 5.41) is 3.46. The first-order valence-corrected chi connectivity index (χ1v) is 8.57. The zero-order valence-electron chi connectivity index (χ0n) is 13.8. The monoisotopic (exact) mass is 343 g/mol. The predicted molar refractivity (Wildman–Crippen MR) is 98.8 cm³/mol. The highest BCUT2D eigenvalue weighted by molar-refractivity contribution is 6.33. The molecule has 0 atom stereocenters. The summed E-state index contributed by atoms with van der Waals surface area (Å²) in [6, 6.07) is 15.4. The fourth-order valence-corrected chi connectivity index (χ4v) is 3.15. The molecule has 126 valence electrons. The van der Waals surface area contributed by atoms with Gasteiger partial charge in [0, 0.05) is 38.4 Å². The van der Waals surface area contributed by atoms with Crippen molar-refractivity contribution in [3.05, 3.63) is 64.7 Å². The highest BCUT2D eigenvalue weighted by Gasteiger charge is 2.17. The van der Waals surface area contributed by atoms with Crippen LogP contribution in [-0.2, 0) is 6.54 Å². The second-order valence-electron chi connectivity index (χ2n) is 6.08. The van der Waals surface area contributed by atoms with Crippen molar-refractivity contribution in [1.29, 1.82) is 0 Å². The Balaban J connectivity index is 1.70. The molecule has 0 spiro atoms. The smallest absolute Gasteiger partial charge is 0.253 e. The van der Waals surface area contributed by atoms with E-state index in [0.717, 1.165) is 31.7 Å². The third-order valence-electron chi connectivity index (χ3n) is 4.39. The number of likely N-dealkylation sites (N-methyl/N-ethyl adjacent to an activating group) is 1. The van der Waals surface area contributed by atoms with E-state index in [1.807, 2.05) is 24.3 Å². The summed E-state index contributed by atoms with van der Waals surface area (Å²) in [6.07, 6.45) is 0. The SMILES string of the molecule is CN1CCN(c2ccccc2CNC(=O)c2ccccc2Cl)CC1. The van der Waals surface area contributed by atoms with Crippen LogP contribution in [0.1, 0.15) is 15.9 Å². The molecule has 1 heterocycles. The minimum atomic E-state index is -0.145. The van der Waals surface area contributed by atoms with E-state index in [4.69, 9.17) is 11.6 Å². The maximum absolute atomic E-state index is 12.4. The van der Waals surface area contributed by atoms with E-state index >= 15 is 0 Å². The fourth-order valence-electron chi connectivity index (χ4n) is 2.93. The number of carbonyl (C=O) groups is 1. The Morgan fingerprint density at radius 2 is 1.71 bits per heavy atom. The van der Waals surface area contributed by atoms with Gasteiger partial charge in [0.1, 0.15) is 0 Å². The van der Waals surface area contributed by atoms with Crippen LogP contribution in [0.25, 0.3) is 0 Å². The molecule has 4 nitrogen and oxygen atoms in total. The van der Waals surface area contributed by atoms with Crippen molar-refractivity contribution in [2.45, 2.75) is 6.54 Å². The Morgan fingerprint density at radius 3 is 2.46 bits per heavy atom. The van der Waals surface area contributed by atoms with Gasteiger partial charge in [0.15, 0.2) is 0 Å². The van der Waals surface area contributed by atoms with E-state index in [9.17, 15) is 4.79 Å². The predicted octanol–water partition coefficient (Wildman–Crippen LogP) is 3.02. The number of nitrogens with zero attached hydrogens (tertiary/aromatic N) is 2. The highest BCUT2D eigenvalue weighted by Crippen LogP contribution is 2.22. The average Bonchev–Trinajstić information content (AvgIpc) is 2.61. The minimum absolute atomic E-state index is 0.145. The van der Waals surface area contributed by atoms with Crippen LogP contribution in [0.5, 0.6) is 0 Å². The van der Waals surface area contributed by atoms with Crippen molar-refractivity contribution in [2.24, 2.45) is 0 Å². The number of anilines is 1. The number of piperazine rings is 1.